The molecule has 0 atom stereocenters. The number of carbonyl (C=O) groups is 1. The molecule has 1 fully saturated rings. The molecule has 8 heteroatoms. The summed E-state index contributed by atoms with van der Waals surface area (Å²) in [6.07, 6.45) is 0.371. The number of hydrogen-bond acceptors (Lipinski definition) is 3. The van der Waals surface area contributed by atoms with Gasteiger partial charge in [0.1, 0.15) is 0 Å². The molecule has 1 aromatic rings. The second-order valence-electron chi connectivity index (χ2n) is 4.71. The van der Waals surface area contributed by atoms with Crippen LogP contribution in [0.25, 0.3) is 0 Å². The van der Waals surface area contributed by atoms with Gasteiger partial charge in [0.05, 0.1) is 4.90 Å². The highest BCUT2D eigenvalue weighted by molar-refractivity contribution is 7.89. The number of benzene rings is 1. The molecule has 1 aromatic carbocycles. The first kappa shape index (κ1) is 15.8. The van der Waals surface area contributed by atoms with Crippen LogP contribution in [0.4, 0.5) is 8.78 Å². The maximum Gasteiger partial charge on any atom is 0.243 e. The van der Waals surface area contributed by atoms with E-state index in [4.69, 9.17) is 0 Å². The third-order valence-corrected chi connectivity index (χ3v) is 5.32. The summed E-state index contributed by atoms with van der Waals surface area (Å²) in [5.41, 5.74) is 0. The largest absolute Gasteiger partial charge is 0.340 e. The van der Waals surface area contributed by atoms with Crippen LogP contribution in [0.3, 0.4) is 0 Å². The Labute approximate surface area is 122 Å². The van der Waals surface area contributed by atoms with Gasteiger partial charge in [-0.2, -0.15) is 4.31 Å². The van der Waals surface area contributed by atoms with Gasteiger partial charge in [0, 0.05) is 32.6 Å². The molecule has 0 unspecified atom stereocenters. The molecule has 5 nitrogen and oxygen atoms in total. The van der Waals surface area contributed by atoms with E-state index in [1.54, 1.807) is 11.8 Å². The highest BCUT2D eigenvalue weighted by Crippen LogP contribution is 2.20. The van der Waals surface area contributed by atoms with Gasteiger partial charge in [-0.1, -0.05) is 6.92 Å². The number of nitrogens with zero attached hydrogens (tertiary/aromatic N) is 2. The summed E-state index contributed by atoms with van der Waals surface area (Å²) in [6, 6.07) is 2.50. The average Bonchev–Trinajstić information content (AvgIpc) is 2.49. The maximum absolute atomic E-state index is 13.2. The number of rotatable bonds is 3. The van der Waals surface area contributed by atoms with Crippen molar-refractivity contribution >= 4 is 15.9 Å². The predicted octanol–water partition coefficient (Wildman–Crippen LogP) is 1.21. The van der Waals surface area contributed by atoms with Crippen LogP contribution in [0.15, 0.2) is 23.1 Å². The Morgan fingerprint density at radius 3 is 2.29 bits per heavy atom. The third-order valence-electron chi connectivity index (χ3n) is 3.42. The molecule has 1 aliphatic rings. The van der Waals surface area contributed by atoms with Crippen LogP contribution >= 0.6 is 0 Å². The van der Waals surface area contributed by atoms with Gasteiger partial charge in [0.25, 0.3) is 0 Å². The maximum atomic E-state index is 13.2. The van der Waals surface area contributed by atoms with Crippen LogP contribution in [0.5, 0.6) is 0 Å². The Morgan fingerprint density at radius 1 is 1.14 bits per heavy atom. The van der Waals surface area contributed by atoms with E-state index in [-0.39, 0.29) is 23.9 Å². The van der Waals surface area contributed by atoms with Gasteiger partial charge in [-0.25, -0.2) is 17.2 Å². The summed E-state index contributed by atoms with van der Waals surface area (Å²) in [5, 5.41) is 0. The Hall–Kier alpha value is -1.54. The summed E-state index contributed by atoms with van der Waals surface area (Å²) in [7, 11) is -3.87. The zero-order valence-corrected chi connectivity index (χ0v) is 12.4. The molecule has 0 aromatic heterocycles. The molecule has 116 valence electrons. The van der Waals surface area contributed by atoms with Gasteiger partial charge < -0.3 is 4.90 Å². The van der Waals surface area contributed by atoms with Crippen molar-refractivity contribution in [1.29, 1.82) is 0 Å². The summed E-state index contributed by atoms with van der Waals surface area (Å²) >= 11 is 0. The second kappa shape index (κ2) is 6.07. The minimum absolute atomic E-state index is 0.0279. The lowest BCUT2D eigenvalue weighted by molar-refractivity contribution is -0.132. The standard InChI is InChI=1S/C13H16F2N2O3S/c1-2-13(18)16-5-7-17(8-6-16)21(19,20)10-3-4-11(14)12(15)9-10/h3-4,9H,2,5-8H2,1H3. The first-order valence-electron chi connectivity index (χ1n) is 6.59. The predicted molar refractivity (Wildman–Crippen MR) is 72.0 cm³/mol. The fraction of sp³-hybridized carbons (Fsp3) is 0.462. The molecule has 1 saturated heterocycles. The fourth-order valence-electron chi connectivity index (χ4n) is 2.19. The van der Waals surface area contributed by atoms with Crippen molar-refractivity contribution in [3.63, 3.8) is 0 Å². The number of halogens is 2. The lowest BCUT2D eigenvalue weighted by atomic mass is 10.3. The molecule has 0 N–H and O–H groups in total. The van der Waals surface area contributed by atoms with E-state index in [1.807, 2.05) is 0 Å². The molecular formula is C13H16F2N2O3S. The van der Waals surface area contributed by atoms with Crippen molar-refractivity contribution in [2.24, 2.45) is 0 Å². The van der Waals surface area contributed by atoms with Crippen molar-refractivity contribution < 1.29 is 22.0 Å². The van der Waals surface area contributed by atoms with E-state index in [2.05, 4.69) is 0 Å². The number of carbonyl (C=O) groups excluding carboxylic acids is 1. The Morgan fingerprint density at radius 2 is 1.76 bits per heavy atom. The molecule has 0 spiro atoms. The van der Waals surface area contributed by atoms with Crippen LogP contribution in [0.1, 0.15) is 13.3 Å². The fourth-order valence-corrected chi connectivity index (χ4v) is 3.62. The first-order chi connectivity index (χ1) is 9.86. The van der Waals surface area contributed by atoms with Gasteiger partial charge in [-0.05, 0) is 18.2 Å². The number of amides is 1. The third kappa shape index (κ3) is 3.21. The zero-order valence-electron chi connectivity index (χ0n) is 11.6. The highest BCUT2D eigenvalue weighted by Gasteiger charge is 2.30. The number of sulfonamides is 1. The van der Waals surface area contributed by atoms with E-state index in [9.17, 15) is 22.0 Å². The molecule has 1 amide bonds. The van der Waals surface area contributed by atoms with E-state index >= 15 is 0 Å². The second-order valence-corrected chi connectivity index (χ2v) is 6.65. The van der Waals surface area contributed by atoms with Crippen molar-refractivity contribution in [1.82, 2.24) is 9.21 Å². The number of hydrogen-bond donors (Lipinski definition) is 0. The molecular weight excluding hydrogens is 302 g/mol. The topological polar surface area (TPSA) is 57.7 Å². The summed E-state index contributed by atoms with van der Waals surface area (Å²) in [4.78, 5) is 12.9. The average molecular weight is 318 g/mol. The molecule has 21 heavy (non-hydrogen) atoms. The highest BCUT2D eigenvalue weighted by atomic mass is 32.2. The van der Waals surface area contributed by atoms with E-state index < -0.39 is 21.7 Å². The number of piperazine rings is 1. The van der Waals surface area contributed by atoms with Crippen LogP contribution in [-0.4, -0.2) is 49.7 Å². The molecule has 0 saturated carbocycles. The van der Waals surface area contributed by atoms with Gasteiger partial charge in [-0.3, -0.25) is 4.79 Å². The van der Waals surface area contributed by atoms with Crippen molar-refractivity contribution in [2.45, 2.75) is 18.2 Å². The summed E-state index contributed by atoms with van der Waals surface area (Å²) < 4.78 is 51.9. The van der Waals surface area contributed by atoms with E-state index in [1.165, 1.54) is 4.31 Å². The Bertz CT molecular complexity index is 641. The Kier molecular flexibility index (Phi) is 4.58. The van der Waals surface area contributed by atoms with Gasteiger partial charge in [0.15, 0.2) is 11.6 Å². The van der Waals surface area contributed by atoms with E-state index in [0.717, 1.165) is 12.1 Å². The van der Waals surface area contributed by atoms with Crippen molar-refractivity contribution in [3.05, 3.63) is 29.8 Å². The molecule has 0 aliphatic carbocycles. The smallest absolute Gasteiger partial charge is 0.243 e. The summed E-state index contributed by atoms with van der Waals surface area (Å²) in [5.74, 6) is -2.32. The minimum atomic E-state index is -3.87. The van der Waals surface area contributed by atoms with E-state index in [0.29, 0.717) is 25.6 Å². The van der Waals surface area contributed by atoms with Crippen molar-refractivity contribution in [3.8, 4) is 0 Å². The molecule has 0 radical (unpaired) electrons. The van der Waals surface area contributed by atoms with Gasteiger partial charge >= 0.3 is 0 Å². The van der Waals surface area contributed by atoms with Crippen LogP contribution < -0.4 is 0 Å². The van der Waals surface area contributed by atoms with Crippen LogP contribution in [-0.2, 0) is 14.8 Å². The van der Waals surface area contributed by atoms with Crippen molar-refractivity contribution in [2.75, 3.05) is 26.2 Å². The molecule has 0 bridgehead atoms. The Balaban J connectivity index is 2.14. The molecule has 1 heterocycles. The monoisotopic (exact) mass is 318 g/mol. The minimum Gasteiger partial charge on any atom is -0.340 e. The summed E-state index contributed by atoms with van der Waals surface area (Å²) in [6.45, 7) is 2.64. The molecule has 2 rings (SSSR count). The van der Waals surface area contributed by atoms with Crippen LogP contribution in [0, 0.1) is 11.6 Å². The van der Waals surface area contributed by atoms with Crippen LogP contribution in [0.2, 0.25) is 0 Å². The molecule has 1 aliphatic heterocycles. The lowest BCUT2D eigenvalue weighted by Gasteiger charge is -2.33. The first-order valence-corrected chi connectivity index (χ1v) is 8.03. The normalized spacial score (nSPS) is 17.0. The SMILES string of the molecule is CCC(=O)N1CCN(S(=O)(=O)c2ccc(F)c(F)c2)CC1. The van der Waals surface area contributed by atoms with Gasteiger partial charge in [-0.15, -0.1) is 0 Å². The quantitative estimate of drug-likeness (QED) is 0.842. The zero-order chi connectivity index (χ0) is 15.6. The van der Waals surface area contributed by atoms with Gasteiger partial charge in [0.2, 0.25) is 15.9 Å². The lowest BCUT2D eigenvalue weighted by Crippen LogP contribution is -2.50.